The van der Waals surface area contributed by atoms with Crippen molar-refractivity contribution in [3.05, 3.63) is 88.0 Å². The standard InChI is InChI=1S/C26H29N3O4/c1-6-33-26(32)23-17(3)22(18(4)28-23)24(30)19(5)29(15-21-9-7-8-14-27-21)25(31)20-12-10-16(2)11-13-20/h7-14,19,28H,6,15H2,1-5H3/t19-/m1/s1. The van der Waals surface area contributed by atoms with Crippen LogP contribution >= 0.6 is 0 Å². The number of aromatic nitrogens is 2. The Hall–Kier alpha value is -3.74. The molecule has 0 spiro atoms. The minimum Gasteiger partial charge on any atom is -0.461 e. The lowest BCUT2D eigenvalue weighted by Crippen LogP contribution is -2.43. The van der Waals surface area contributed by atoms with E-state index in [0.717, 1.165) is 5.56 Å². The third-order valence-electron chi connectivity index (χ3n) is 5.63. The first-order chi connectivity index (χ1) is 15.7. The van der Waals surface area contributed by atoms with Crippen molar-refractivity contribution < 1.29 is 19.1 Å². The van der Waals surface area contributed by atoms with Gasteiger partial charge in [0.15, 0.2) is 5.78 Å². The zero-order valence-electron chi connectivity index (χ0n) is 19.6. The molecule has 0 saturated carbocycles. The van der Waals surface area contributed by atoms with Gasteiger partial charge < -0.3 is 14.6 Å². The Balaban J connectivity index is 1.98. The number of hydrogen-bond donors (Lipinski definition) is 1. The quantitative estimate of drug-likeness (QED) is 0.407. The van der Waals surface area contributed by atoms with Gasteiger partial charge in [-0.05, 0) is 64.4 Å². The van der Waals surface area contributed by atoms with Gasteiger partial charge in [0.2, 0.25) is 0 Å². The minimum atomic E-state index is -0.788. The summed E-state index contributed by atoms with van der Waals surface area (Å²) < 4.78 is 5.10. The number of H-pyrrole nitrogens is 1. The van der Waals surface area contributed by atoms with E-state index in [1.54, 1.807) is 52.1 Å². The number of hydrogen-bond acceptors (Lipinski definition) is 5. The summed E-state index contributed by atoms with van der Waals surface area (Å²) in [7, 11) is 0. The molecule has 1 amide bonds. The molecule has 0 aliphatic carbocycles. The number of ether oxygens (including phenoxy) is 1. The maximum Gasteiger partial charge on any atom is 0.355 e. The monoisotopic (exact) mass is 447 g/mol. The van der Waals surface area contributed by atoms with Crippen LogP contribution in [-0.4, -0.2) is 45.2 Å². The molecule has 0 saturated heterocycles. The number of aryl methyl sites for hydroxylation is 2. The molecule has 0 bridgehead atoms. The van der Waals surface area contributed by atoms with Crippen LogP contribution in [0.25, 0.3) is 0 Å². The molecule has 1 atom stereocenters. The van der Waals surface area contributed by atoms with Crippen LogP contribution in [0.15, 0.2) is 48.7 Å². The molecule has 33 heavy (non-hydrogen) atoms. The molecule has 2 aromatic heterocycles. The average Bonchev–Trinajstić information content (AvgIpc) is 3.11. The van der Waals surface area contributed by atoms with E-state index in [2.05, 4.69) is 9.97 Å². The second kappa shape index (κ2) is 10.3. The molecule has 7 nitrogen and oxygen atoms in total. The first-order valence-corrected chi connectivity index (χ1v) is 10.9. The predicted octanol–water partition coefficient (Wildman–Crippen LogP) is 4.43. The topological polar surface area (TPSA) is 92.4 Å². The maximum atomic E-state index is 13.6. The second-order valence-electron chi connectivity index (χ2n) is 8.01. The molecule has 172 valence electrons. The molecule has 1 N–H and O–H groups in total. The largest absolute Gasteiger partial charge is 0.461 e. The molecule has 0 aliphatic rings. The Morgan fingerprint density at radius 1 is 1.06 bits per heavy atom. The number of esters is 1. The number of pyridine rings is 1. The molecule has 0 unspecified atom stereocenters. The average molecular weight is 448 g/mol. The fourth-order valence-electron chi connectivity index (χ4n) is 3.79. The van der Waals surface area contributed by atoms with Gasteiger partial charge in [0.05, 0.1) is 24.9 Å². The van der Waals surface area contributed by atoms with Gasteiger partial charge in [-0.25, -0.2) is 4.79 Å². The van der Waals surface area contributed by atoms with Gasteiger partial charge in [-0.1, -0.05) is 23.8 Å². The number of Topliss-reactive ketones (excluding diaryl/α,β-unsaturated/α-hetero) is 1. The Kier molecular flexibility index (Phi) is 7.43. The summed E-state index contributed by atoms with van der Waals surface area (Å²) in [5.74, 6) is -1.03. The molecule has 0 radical (unpaired) electrons. The van der Waals surface area contributed by atoms with Crippen LogP contribution in [0.1, 0.15) is 67.6 Å². The normalized spacial score (nSPS) is 11.7. The Bertz CT molecular complexity index is 1150. The predicted molar refractivity (Wildman–Crippen MR) is 125 cm³/mol. The van der Waals surface area contributed by atoms with Gasteiger partial charge in [0, 0.05) is 23.0 Å². The van der Waals surface area contributed by atoms with Crippen LogP contribution < -0.4 is 0 Å². The summed E-state index contributed by atoms with van der Waals surface area (Å²) in [4.78, 5) is 48.2. The van der Waals surface area contributed by atoms with E-state index in [9.17, 15) is 14.4 Å². The number of benzene rings is 1. The van der Waals surface area contributed by atoms with Gasteiger partial charge in [0.1, 0.15) is 5.69 Å². The highest BCUT2D eigenvalue weighted by atomic mass is 16.5. The second-order valence-corrected chi connectivity index (χ2v) is 8.01. The Morgan fingerprint density at radius 3 is 2.36 bits per heavy atom. The van der Waals surface area contributed by atoms with Gasteiger partial charge in [-0.15, -0.1) is 0 Å². The Morgan fingerprint density at radius 2 is 1.76 bits per heavy atom. The van der Waals surface area contributed by atoms with Crippen molar-refractivity contribution in [2.75, 3.05) is 6.61 Å². The van der Waals surface area contributed by atoms with Gasteiger partial charge in [0.25, 0.3) is 5.91 Å². The summed E-state index contributed by atoms with van der Waals surface area (Å²) in [6.45, 7) is 9.23. The first-order valence-electron chi connectivity index (χ1n) is 10.9. The Labute approximate surface area is 193 Å². The van der Waals surface area contributed by atoms with Crippen LogP contribution in [-0.2, 0) is 11.3 Å². The third-order valence-corrected chi connectivity index (χ3v) is 5.63. The molecule has 3 aromatic rings. The molecule has 1 aromatic carbocycles. The van der Waals surface area contributed by atoms with Gasteiger partial charge in [-0.2, -0.15) is 0 Å². The van der Waals surface area contributed by atoms with E-state index >= 15 is 0 Å². The highest BCUT2D eigenvalue weighted by Gasteiger charge is 2.32. The van der Waals surface area contributed by atoms with E-state index in [-0.39, 0.29) is 30.5 Å². The van der Waals surface area contributed by atoms with E-state index in [4.69, 9.17) is 4.74 Å². The van der Waals surface area contributed by atoms with Crippen molar-refractivity contribution >= 4 is 17.7 Å². The lowest BCUT2D eigenvalue weighted by atomic mass is 9.99. The summed E-state index contributed by atoms with van der Waals surface area (Å²) in [6.07, 6.45) is 1.66. The van der Waals surface area contributed by atoms with Crippen LogP contribution in [0.5, 0.6) is 0 Å². The van der Waals surface area contributed by atoms with Crippen molar-refractivity contribution in [3.8, 4) is 0 Å². The van der Waals surface area contributed by atoms with Crippen molar-refractivity contribution in [2.24, 2.45) is 0 Å². The fourth-order valence-corrected chi connectivity index (χ4v) is 3.79. The van der Waals surface area contributed by atoms with Gasteiger partial charge in [-0.3, -0.25) is 14.6 Å². The van der Waals surface area contributed by atoms with E-state index in [1.165, 1.54) is 4.90 Å². The number of ketones is 1. The molecular formula is C26H29N3O4. The van der Waals surface area contributed by atoms with Crippen LogP contribution in [0.3, 0.4) is 0 Å². The summed E-state index contributed by atoms with van der Waals surface area (Å²) in [5, 5.41) is 0. The van der Waals surface area contributed by atoms with Crippen LogP contribution in [0, 0.1) is 20.8 Å². The lowest BCUT2D eigenvalue weighted by Gasteiger charge is -2.28. The fraction of sp³-hybridized carbons (Fsp3) is 0.308. The number of carbonyl (C=O) groups is 3. The summed E-state index contributed by atoms with van der Waals surface area (Å²) in [5.41, 5.74) is 3.94. The van der Waals surface area contributed by atoms with Crippen LogP contribution in [0.4, 0.5) is 0 Å². The van der Waals surface area contributed by atoms with E-state index in [1.807, 2.05) is 31.2 Å². The van der Waals surface area contributed by atoms with Crippen molar-refractivity contribution in [1.29, 1.82) is 0 Å². The molecule has 3 rings (SSSR count). The van der Waals surface area contributed by atoms with E-state index < -0.39 is 12.0 Å². The van der Waals surface area contributed by atoms with Crippen molar-refractivity contribution in [3.63, 3.8) is 0 Å². The third kappa shape index (κ3) is 5.19. The number of amides is 1. The van der Waals surface area contributed by atoms with Crippen molar-refractivity contribution in [1.82, 2.24) is 14.9 Å². The number of rotatable bonds is 8. The minimum absolute atomic E-state index is 0.174. The van der Waals surface area contributed by atoms with Gasteiger partial charge >= 0.3 is 5.97 Å². The summed E-state index contributed by atoms with van der Waals surface area (Å²) >= 11 is 0. The number of carbonyl (C=O) groups excluding carboxylic acids is 3. The van der Waals surface area contributed by atoms with Crippen LogP contribution in [0.2, 0.25) is 0 Å². The number of nitrogens with one attached hydrogen (secondary N) is 1. The molecule has 2 heterocycles. The zero-order chi connectivity index (χ0) is 24.1. The van der Waals surface area contributed by atoms with E-state index in [0.29, 0.717) is 28.1 Å². The van der Waals surface area contributed by atoms with Crippen molar-refractivity contribution in [2.45, 2.75) is 47.2 Å². The summed E-state index contributed by atoms with van der Waals surface area (Å²) in [6, 6.07) is 11.9. The lowest BCUT2D eigenvalue weighted by molar-refractivity contribution is 0.0518. The molecule has 0 fully saturated rings. The number of nitrogens with zero attached hydrogens (tertiary/aromatic N) is 2. The highest BCUT2D eigenvalue weighted by Crippen LogP contribution is 2.24. The maximum absolute atomic E-state index is 13.6. The highest BCUT2D eigenvalue weighted by molar-refractivity contribution is 6.07. The number of aromatic amines is 1. The first kappa shape index (κ1) is 23.9. The molecular weight excluding hydrogens is 418 g/mol. The molecule has 7 heteroatoms. The molecule has 0 aliphatic heterocycles. The SMILES string of the molecule is CCOC(=O)c1[nH]c(C)c(C(=O)[C@@H](C)N(Cc2ccccn2)C(=O)c2ccc(C)cc2)c1C. The smallest absolute Gasteiger partial charge is 0.355 e. The zero-order valence-corrected chi connectivity index (χ0v) is 19.6.